The fraction of sp³-hybridized carbons (Fsp3) is 0.600. The van der Waals surface area contributed by atoms with E-state index in [2.05, 4.69) is 52.6 Å². The van der Waals surface area contributed by atoms with Crippen molar-refractivity contribution in [3.63, 3.8) is 0 Å². The van der Waals surface area contributed by atoms with Crippen LogP contribution in [-0.2, 0) is 6.42 Å². The van der Waals surface area contributed by atoms with Crippen molar-refractivity contribution in [2.75, 3.05) is 7.05 Å². The molecule has 0 spiro atoms. The summed E-state index contributed by atoms with van der Waals surface area (Å²) in [5.74, 6) is 0.868. The molecule has 0 radical (unpaired) electrons. The summed E-state index contributed by atoms with van der Waals surface area (Å²) >= 11 is 3.55. The van der Waals surface area contributed by atoms with Crippen molar-refractivity contribution in [3.8, 4) is 0 Å². The summed E-state index contributed by atoms with van der Waals surface area (Å²) < 4.78 is 1.19. The molecule has 0 bridgehead atoms. The van der Waals surface area contributed by atoms with Crippen molar-refractivity contribution in [2.45, 2.75) is 44.6 Å². The van der Waals surface area contributed by atoms with Crippen LogP contribution in [0.2, 0.25) is 0 Å². The second-order valence-electron chi connectivity index (χ2n) is 5.13. The third-order valence-electron chi connectivity index (χ3n) is 3.93. The van der Waals surface area contributed by atoms with Crippen LogP contribution in [0.4, 0.5) is 0 Å². The predicted octanol–water partition coefficient (Wildman–Crippen LogP) is 4.16. The smallest absolute Gasteiger partial charge is 0.0178 e. The number of rotatable bonds is 4. The Morgan fingerprint density at radius 1 is 1.29 bits per heavy atom. The van der Waals surface area contributed by atoms with E-state index in [4.69, 9.17) is 0 Å². The molecule has 1 unspecified atom stereocenters. The molecule has 1 aromatic rings. The van der Waals surface area contributed by atoms with Crippen LogP contribution in [0.5, 0.6) is 0 Å². The highest BCUT2D eigenvalue weighted by molar-refractivity contribution is 9.10. The van der Waals surface area contributed by atoms with Gasteiger partial charge in [0.2, 0.25) is 0 Å². The Balaban J connectivity index is 1.98. The maximum absolute atomic E-state index is 3.55. The van der Waals surface area contributed by atoms with Gasteiger partial charge in [-0.25, -0.2) is 0 Å². The Kier molecular flexibility index (Phi) is 5.05. The summed E-state index contributed by atoms with van der Waals surface area (Å²) in [7, 11) is 2.11. The number of benzene rings is 1. The molecule has 1 N–H and O–H groups in total. The van der Waals surface area contributed by atoms with E-state index >= 15 is 0 Å². The van der Waals surface area contributed by atoms with Crippen molar-refractivity contribution < 1.29 is 0 Å². The van der Waals surface area contributed by atoms with Gasteiger partial charge in [-0.3, -0.25) is 0 Å². The zero-order valence-electron chi connectivity index (χ0n) is 10.6. The molecule has 0 aliphatic heterocycles. The van der Waals surface area contributed by atoms with Crippen LogP contribution in [-0.4, -0.2) is 13.1 Å². The van der Waals surface area contributed by atoms with Gasteiger partial charge < -0.3 is 5.32 Å². The molecule has 1 aliphatic carbocycles. The number of halogens is 1. The minimum absolute atomic E-state index is 0.643. The highest BCUT2D eigenvalue weighted by Crippen LogP contribution is 2.28. The molecule has 1 fully saturated rings. The molecule has 0 saturated heterocycles. The van der Waals surface area contributed by atoms with Crippen molar-refractivity contribution in [1.82, 2.24) is 5.32 Å². The zero-order valence-corrected chi connectivity index (χ0v) is 12.2. The molecule has 1 aliphatic rings. The van der Waals surface area contributed by atoms with Crippen LogP contribution >= 0.6 is 15.9 Å². The number of likely N-dealkylation sites (N-methyl/N-ethyl adjacent to an activating group) is 1. The van der Waals surface area contributed by atoms with Crippen molar-refractivity contribution in [2.24, 2.45) is 5.92 Å². The van der Waals surface area contributed by atoms with Gasteiger partial charge in [0.25, 0.3) is 0 Å². The normalized spacial score (nSPS) is 19.2. The zero-order chi connectivity index (χ0) is 12.1. The van der Waals surface area contributed by atoms with Crippen LogP contribution in [0, 0.1) is 5.92 Å². The minimum atomic E-state index is 0.643. The lowest BCUT2D eigenvalue weighted by Gasteiger charge is -2.30. The van der Waals surface area contributed by atoms with Gasteiger partial charge in [-0.2, -0.15) is 0 Å². The third-order valence-corrected chi connectivity index (χ3v) is 4.43. The summed E-state index contributed by atoms with van der Waals surface area (Å²) in [5, 5.41) is 3.52. The second kappa shape index (κ2) is 6.55. The number of nitrogens with one attached hydrogen (secondary N) is 1. The molecule has 1 saturated carbocycles. The second-order valence-corrected chi connectivity index (χ2v) is 6.04. The molecule has 0 aromatic heterocycles. The van der Waals surface area contributed by atoms with E-state index in [0.29, 0.717) is 6.04 Å². The first-order chi connectivity index (χ1) is 8.29. The van der Waals surface area contributed by atoms with Gasteiger partial charge in [0.05, 0.1) is 0 Å². The van der Waals surface area contributed by atoms with Crippen LogP contribution in [0.15, 0.2) is 28.7 Å². The molecule has 2 heteroatoms. The fourth-order valence-corrected chi connectivity index (χ4v) is 3.41. The molecule has 1 nitrogen and oxygen atoms in total. The van der Waals surface area contributed by atoms with Crippen LogP contribution in [0.3, 0.4) is 0 Å². The lowest BCUT2D eigenvalue weighted by atomic mass is 9.81. The highest BCUT2D eigenvalue weighted by atomic mass is 79.9. The maximum atomic E-state index is 3.55. The Morgan fingerprint density at radius 3 is 2.71 bits per heavy atom. The largest absolute Gasteiger partial charge is 0.316 e. The highest BCUT2D eigenvalue weighted by Gasteiger charge is 2.22. The predicted molar refractivity (Wildman–Crippen MR) is 77.3 cm³/mol. The first kappa shape index (κ1) is 13.1. The average molecular weight is 296 g/mol. The van der Waals surface area contributed by atoms with Crippen LogP contribution in [0.25, 0.3) is 0 Å². The Bertz CT molecular complexity index is 345. The Hall–Kier alpha value is -0.340. The van der Waals surface area contributed by atoms with E-state index in [1.807, 2.05) is 0 Å². The molecule has 17 heavy (non-hydrogen) atoms. The maximum Gasteiger partial charge on any atom is 0.0178 e. The minimum Gasteiger partial charge on any atom is -0.316 e. The van der Waals surface area contributed by atoms with Crippen molar-refractivity contribution in [3.05, 3.63) is 34.3 Å². The Morgan fingerprint density at radius 2 is 2.06 bits per heavy atom. The molecule has 1 aromatic carbocycles. The summed E-state index contributed by atoms with van der Waals surface area (Å²) in [6.07, 6.45) is 8.23. The average Bonchev–Trinajstić information content (AvgIpc) is 2.37. The van der Waals surface area contributed by atoms with Gasteiger partial charge in [0.15, 0.2) is 0 Å². The lowest BCUT2D eigenvalue weighted by molar-refractivity contribution is 0.276. The van der Waals surface area contributed by atoms with Gasteiger partial charge in [-0.1, -0.05) is 47.3 Å². The monoisotopic (exact) mass is 295 g/mol. The summed E-state index contributed by atoms with van der Waals surface area (Å²) in [5.41, 5.74) is 1.43. The van der Waals surface area contributed by atoms with Crippen LogP contribution in [0.1, 0.15) is 37.7 Å². The van der Waals surface area contributed by atoms with Gasteiger partial charge in [0, 0.05) is 10.5 Å². The fourth-order valence-electron chi connectivity index (χ4n) is 2.96. The number of hydrogen-bond donors (Lipinski definition) is 1. The summed E-state index contributed by atoms with van der Waals surface area (Å²) in [4.78, 5) is 0. The molecule has 2 rings (SSSR count). The topological polar surface area (TPSA) is 12.0 Å². The lowest BCUT2D eigenvalue weighted by Crippen LogP contribution is -2.36. The molecular formula is C15H22BrN. The molecule has 94 valence electrons. The van der Waals surface area contributed by atoms with E-state index in [1.165, 1.54) is 42.1 Å². The van der Waals surface area contributed by atoms with Crippen LogP contribution < -0.4 is 5.32 Å². The molecular weight excluding hydrogens is 274 g/mol. The van der Waals surface area contributed by atoms with Gasteiger partial charge >= 0.3 is 0 Å². The SMILES string of the molecule is CNC(Cc1cccc(Br)c1)C1CCCCC1. The van der Waals surface area contributed by atoms with Crippen molar-refractivity contribution in [1.29, 1.82) is 0 Å². The molecule has 0 amide bonds. The van der Waals surface area contributed by atoms with Gasteiger partial charge in [0.1, 0.15) is 0 Å². The van der Waals surface area contributed by atoms with E-state index in [-0.39, 0.29) is 0 Å². The van der Waals surface area contributed by atoms with E-state index in [9.17, 15) is 0 Å². The molecule has 1 atom stereocenters. The third kappa shape index (κ3) is 3.82. The molecule has 0 heterocycles. The first-order valence-corrected chi connectivity index (χ1v) is 7.50. The number of hydrogen-bond acceptors (Lipinski definition) is 1. The summed E-state index contributed by atoms with van der Waals surface area (Å²) in [6, 6.07) is 9.35. The first-order valence-electron chi connectivity index (χ1n) is 6.71. The quantitative estimate of drug-likeness (QED) is 0.879. The van der Waals surface area contributed by atoms with Gasteiger partial charge in [-0.15, -0.1) is 0 Å². The van der Waals surface area contributed by atoms with E-state index in [1.54, 1.807) is 0 Å². The van der Waals surface area contributed by atoms with Gasteiger partial charge in [-0.05, 0) is 49.9 Å². The van der Waals surface area contributed by atoms with E-state index < -0.39 is 0 Å². The summed E-state index contributed by atoms with van der Waals surface area (Å²) in [6.45, 7) is 0. The van der Waals surface area contributed by atoms with Crippen molar-refractivity contribution >= 4 is 15.9 Å². The Labute approximate surface area is 113 Å². The van der Waals surface area contributed by atoms with E-state index in [0.717, 1.165) is 12.3 Å². The standard InChI is InChI=1S/C15H22BrN/c1-17-15(13-7-3-2-4-8-13)11-12-6-5-9-14(16)10-12/h5-6,9-10,13,15,17H,2-4,7-8,11H2,1H3.